The minimum atomic E-state index is 0.684. The monoisotopic (exact) mass is 195 g/mol. The van der Waals surface area contributed by atoms with Crippen molar-refractivity contribution in [3.05, 3.63) is 11.1 Å². The quantitative estimate of drug-likeness (QED) is 0.611. The SMILES string of the molecule is CCN(CCCl)CC(C)=CCl. The van der Waals surface area contributed by atoms with Crippen LogP contribution in [0.5, 0.6) is 0 Å². The van der Waals surface area contributed by atoms with E-state index in [1.54, 1.807) is 5.54 Å². The molecule has 66 valence electrons. The largest absolute Gasteiger partial charge is 0.298 e. The normalized spacial score (nSPS) is 12.6. The Bertz CT molecular complexity index is 123. The Labute approximate surface area is 79.0 Å². The first kappa shape index (κ1) is 11.3. The first-order chi connectivity index (χ1) is 5.24. The zero-order valence-electron chi connectivity index (χ0n) is 7.11. The maximum Gasteiger partial charge on any atom is 0.0351 e. The third-order valence-corrected chi connectivity index (χ3v) is 2.05. The van der Waals surface area contributed by atoms with Crippen molar-refractivity contribution in [3.8, 4) is 0 Å². The first-order valence-corrected chi connectivity index (χ1v) is 4.75. The number of hydrogen-bond acceptors (Lipinski definition) is 1. The Kier molecular flexibility index (Phi) is 7.13. The van der Waals surface area contributed by atoms with Crippen LogP contribution in [0.3, 0.4) is 0 Å². The van der Waals surface area contributed by atoms with Crippen LogP contribution in [0.4, 0.5) is 0 Å². The molecule has 0 bridgehead atoms. The summed E-state index contributed by atoms with van der Waals surface area (Å²) in [4.78, 5) is 2.25. The van der Waals surface area contributed by atoms with Gasteiger partial charge in [-0.2, -0.15) is 0 Å². The van der Waals surface area contributed by atoms with Gasteiger partial charge in [-0.25, -0.2) is 0 Å². The molecule has 0 amide bonds. The highest BCUT2D eigenvalue weighted by Crippen LogP contribution is 1.99. The molecule has 0 aromatic carbocycles. The summed E-state index contributed by atoms with van der Waals surface area (Å²) in [6, 6.07) is 0. The number of halogens is 2. The summed E-state index contributed by atoms with van der Waals surface area (Å²) < 4.78 is 0. The summed E-state index contributed by atoms with van der Waals surface area (Å²) >= 11 is 11.1. The lowest BCUT2D eigenvalue weighted by atomic mass is 10.3. The van der Waals surface area contributed by atoms with E-state index in [2.05, 4.69) is 11.8 Å². The molecular formula is C8H15Cl2N. The molecular weight excluding hydrogens is 181 g/mol. The topological polar surface area (TPSA) is 3.24 Å². The number of likely N-dealkylation sites (N-methyl/N-ethyl adjacent to an activating group) is 1. The number of nitrogens with zero attached hydrogens (tertiary/aromatic N) is 1. The summed E-state index contributed by atoms with van der Waals surface area (Å²) in [6.07, 6.45) is 0. The lowest BCUT2D eigenvalue weighted by molar-refractivity contribution is 0.332. The summed E-state index contributed by atoms with van der Waals surface area (Å²) in [5.41, 5.74) is 2.80. The molecule has 0 radical (unpaired) electrons. The summed E-state index contributed by atoms with van der Waals surface area (Å²) in [5.74, 6) is 0.684. The summed E-state index contributed by atoms with van der Waals surface area (Å²) in [7, 11) is 0. The van der Waals surface area contributed by atoms with Crippen molar-refractivity contribution in [1.29, 1.82) is 0 Å². The Hall–Kier alpha value is 0.280. The van der Waals surface area contributed by atoms with Crippen LogP contribution < -0.4 is 0 Å². The van der Waals surface area contributed by atoms with Gasteiger partial charge in [0.1, 0.15) is 0 Å². The number of alkyl halides is 1. The highest BCUT2D eigenvalue weighted by atomic mass is 35.5. The molecule has 0 fully saturated rings. The molecule has 0 saturated heterocycles. The number of hydrogen-bond donors (Lipinski definition) is 0. The van der Waals surface area contributed by atoms with Crippen molar-refractivity contribution >= 4 is 23.2 Å². The van der Waals surface area contributed by atoms with E-state index in [4.69, 9.17) is 23.2 Å². The van der Waals surface area contributed by atoms with Crippen LogP contribution in [0.25, 0.3) is 0 Å². The number of rotatable bonds is 5. The fraction of sp³-hybridized carbons (Fsp3) is 0.750. The fourth-order valence-electron chi connectivity index (χ4n) is 0.856. The molecule has 0 aromatic heterocycles. The van der Waals surface area contributed by atoms with Gasteiger partial charge in [0, 0.05) is 24.5 Å². The van der Waals surface area contributed by atoms with E-state index in [-0.39, 0.29) is 0 Å². The third-order valence-electron chi connectivity index (χ3n) is 1.51. The maximum atomic E-state index is 5.61. The van der Waals surface area contributed by atoms with Gasteiger partial charge in [0.15, 0.2) is 0 Å². The molecule has 0 unspecified atom stereocenters. The molecule has 11 heavy (non-hydrogen) atoms. The molecule has 0 aromatic rings. The molecule has 1 nitrogen and oxygen atoms in total. The van der Waals surface area contributed by atoms with Gasteiger partial charge in [-0.05, 0) is 19.0 Å². The predicted octanol–water partition coefficient (Wildman–Crippen LogP) is 2.69. The van der Waals surface area contributed by atoms with Gasteiger partial charge in [-0.3, -0.25) is 4.90 Å². The van der Waals surface area contributed by atoms with Crippen LogP contribution in [-0.4, -0.2) is 30.4 Å². The van der Waals surface area contributed by atoms with Gasteiger partial charge < -0.3 is 0 Å². The zero-order chi connectivity index (χ0) is 8.69. The lowest BCUT2D eigenvalue weighted by Gasteiger charge is -2.18. The van der Waals surface area contributed by atoms with Crippen molar-refractivity contribution in [1.82, 2.24) is 4.90 Å². The summed E-state index contributed by atoms with van der Waals surface area (Å²) in [5, 5.41) is 0. The first-order valence-electron chi connectivity index (χ1n) is 3.78. The van der Waals surface area contributed by atoms with Crippen LogP contribution in [0.1, 0.15) is 13.8 Å². The highest BCUT2D eigenvalue weighted by Gasteiger charge is 2.00. The van der Waals surface area contributed by atoms with Gasteiger partial charge in [0.25, 0.3) is 0 Å². The maximum absolute atomic E-state index is 5.61. The molecule has 0 spiro atoms. The zero-order valence-corrected chi connectivity index (χ0v) is 8.62. The van der Waals surface area contributed by atoms with Gasteiger partial charge >= 0.3 is 0 Å². The van der Waals surface area contributed by atoms with Gasteiger partial charge in [0.2, 0.25) is 0 Å². The third kappa shape index (κ3) is 5.54. The van der Waals surface area contributed by atoms with E-state index in [0.717, 1.165) is 19.6 Å². The van der Waals surface area contributed by atoms with Crippen LogP contribution in [0, 0.1) is 0 Å². The molecule has 0 saturated carbocycles. The van der Waals surface area contributed by atoms with E-state index in [1.165, 1.54) is 5.57 Å². The molecule has 0 aliphatic rings. The molecule has 0 heterocycles. The van der Waals surface area contributed by atoms with Gasteiger partial charge in [-0.1, -0.05) is 18.5 Å². The van der Waals surface area contributed by atoms with Crippen LogP contribution >= 0.6 is 23.2 Å². The van der Waals surface area contributed by atoms with Crippen LogP contribution in [0.15, 0.2) is 11.1 Å². The van der Waals surface area contributed by atoms with Crippen molar-refractivity contribution in [2.24, 2.45) is 0 Å². The minimum Gasteiger partial charge on any atom is -0.298 e. The predicted molar refractivity (Wildman–Crippen MR) is 52.4 cm³/mol. The van der Waals surface area contributed by atoms with E-state index in [0.29, 0.717) is 5.88 Å². The Morgan fingerprint density at radius 3 is 2.55 bits per heavy atom. The van der Waals surface area contributed by atoms with Gasteiger partial charge in [-0.15, -0.1) is 11.6 Å². The second kappa shape index (κ2) is 6.96. The Balaban J connectivity index is 3.68. The second-order valence-corrected chi connectivity index (χ2v) is 3.11. The van der Waals surface area contributed by atoms with Crippen molar-refractivity contribution in [2.45, 2.75) is 13.8 Å². The average molecular weight is 196 g/mol. The standard InChI is InChI=1S/C8H15Cl2N/c1-3-11(5-4-9)7-8(2)6-10/h6H,3-5,7H2,1-2H3. The van der Waals surface area contributed by atoms with Crippen LogP contribution in [-0.2, 0) is 0 Å². The smallest absolute Gasteiger partial charge is 0.0351 e. The van der Waals surface area contributed by atoms with E-state index < -0.39 is 0 Å². The molecule has 3 heteroatoms. The average Bonchev–Trinajstić information content (AvgIpc) is 2.03. The second-order valence-electron chi connectivity index (χ2n) is 2.51. The lowest BCUT2D eigenvalue weighted by Crippen LogP contribution is -2.27. The van der Waals surface area contributed by atoms with E-state index in [1.807, 2.05) is 6.92 Å². The highest BCUT2D eigenvalue weighted by molar-refractivity contribution is 6.25. The fourth-order valence-corrected chi connectivity index (χ4v) is 1.16. The Morgan fingerprint density at radius 2 is 2.18 bits per heavy atom. The molecule has 0 N–H and O–H groups in total. The molecule has 0 aliphatic carbocycles. The van der Waals surface area contributed by atoms with Crippen molar-refractivity contribution < 1.29 is 0 Å². The minimum absolute atomic E-state index is 0.684. The van der Waals surface area contributed by atoms with E-state index >= 15 is 0 Å². The van der Waals surface area contributed by atoms with Crippen molar-refractivity contribution in [3.63, 3.8) is 0 Å². The summed E-state index contributed by atoms with van der Waals surface area (Å²) in [6.45, 7) is 7.01. The molecule has 0 atom stereocenters. The van der Waals surface area contributed by atoms with Gasteiger partial charge in [0.05, 0.1) is 0 Å². The van der Waals surface area contributed by atoms with Crippen LogP contribution in [0.2, 0.25) is 0 Å². The molecule has 0 rings (SSSR count). The van der Waals surface area contributed by atoms with E-state index in [9.17, 15) is 0 Å². The Morgan fingerprint density at radius 1 is 1.55 bits per heavy atom. The molecule has 0 aliphatic heterocycles. The van der Waals surface area contributed by atoms with Crippen molar-refractivity contribution in [2.75, 3.05) is 25.5 Å².